The van der Waals surface area contributed by atoms with Gasteiger partial charge in [-0.25, -0.2) is 0 Å². The maximum absolute atomic E-state index is 12.3. The van der Waals surface area contributed by atoms with Crippen molar-refractivity contribution in [3.63, 3.8) is 0 Å². The van der Waals surface area contributed by atoms with Crippen molar-refractivity contribution in [3.8, 4) is 23.0 Å². The van der Waals surface area contributed by atoms with Crippen LogP contribution in [0.25, 0.3) is 0 Å². The van der Waals surface area contributed by atoms with Crippen LogP contribution in [0.1, 0.15) is 63.8 Å². The normalized spacial score (nSPS) is 13.7. The standard InChI is InChI=1S/C28H38O8/c1-27(2,3)19-11-15(13-21(35-7)23(19)29)9-17(25(31)32)18(26(33)34)10-16-12-20(28(4,5)6)24(30)22(14-16)36-8/h11-14,17-18,29-30H,9-10H2,1-8H3,(H,31,32)(H,33,34)/t17-,18-/m1/s1. The molecule has 0 aliphatic rings. The molecule has 0 aromatic heterocycles. The van der Waals surface area contributed by atoms with Gasteiger partial charge in [-0.3, -0.25) is 9.59 Å². The van der Waals surface area contributed by atoms with Gasteiger partial charge in [0.15, 0.2) is 23.0 Å². The van der Waals surface area contributed by atoms with Crippen molar-refractivity contribution >= 4 is 11.9 Å². The molecule has 0 saturated carbocycles. The molecule has 0 radical (unpaired) electrons. The summed E-state index contributed by atoms with van der Waals surface area (Å²) in [6.07, 6.45) is -0.152. The van der Waals surface area contributed by atoms with E-state index in [2.05, 4.69) is 0 Å². The highest BCUT2D eigenvalue weighted by atomic mass is 16.5. The molecule has 2 aromatic rings. The van der Waals surface area contributed by atoms with Gasteiger partial charge in [0.05, 0.1) is 26.1 Å². The zero-order chi connectivity index (χ0) is 27.6. The molecule has 0 aliphatic carbocycles. The van der Waals surface area contributed by atoms with Gasteiger partial charge in [0.25, 0.3) is 0 Å². The fourth-order valence-corrected chi connectivity index (χ4v) is 4.33. The Bertz CT molecular complexity index is 1030. The molecule has 0 aliphatic heterocycles. The molecule has 2 rings (SSSR count). The molecule has 0 amide bonds. The number of carbonyl (C=O) groups is 2. The lowest BCUT2D eigenvalue weighted by Gasteiger charge is -2.26. The van der Waals surface area contributed by atoms with Crippen LogP contribution in [0.15, 0.2) is 24.3 Å². The first kappa shape index (κ1) is 28.8. The summed E-state index contributed by atoms with van der Waals surface area (Å²) in [7, 11) is 2.82. The Morgan fingerprint density at radius 3 is 1.22 bits per heavy atom. The molecule has 2 aromatic carbocycles. The molecule has 198 valence electrons. The predicted octanol–water partition coefficient (Wildman–Crippen LogP) is 4.90. The molecule has 0 spiro atoms. The first-order valence-corrected chi connectivity index (χ1v) is 11.8. The van der Waals surface area contributed by atoms with E-state index >= 15 is 0 Å². The van der Waals surface area contributed by atoms with Crippen molar-refractivity contribution in [2.24, 2.45) is 11.8 Å². The van der Waals surface area contributed by atoms with Gasteiger partial charge in [0, 0.05) is 11.1 Å². The van der Waals surface area contributed by atoms with E-state index in [1.807, 2.05) is 41.5 Å². The number of rotatable bonds is 9. The third-order valence-electron chi connectivity index (χ3n) is 6.36. The number of aromatic hydroxyl groups is 2. The van der Waals surface area contributed by atoms with Crippen molar-refractivity contribution in [2.45, 2.75) is 65.2 Å². The molecule has 0 heterocycles. The summed E-state index contributed by atoms with van der Waals surface area (Å²) in [6, 6.07) is 6.49. The lowest BCUT2D eigenvalue weighted by molar-refractivity contribution is -0.153. The fraction of sp³-hybridized carbons (Fsp3) is 0.500. The smallest absolute Gasteiger partial charge is 0.307 e. The third-order valence-corrected chi connectivity index (χ3v) is 6.36. The summed E-state index contributed by atoms with van der Waals surface area (Å²) < 4.78 is 10.6. The zero-order valence-corrected chi connectivity index (χ0v) is 22.3. The summed E-state index contributed by atoms with van der Waals surface area (Å²) in [4.78, 5) is 24.7. The number of benzene rings is 2. The van der Waals surface area contributed by atoms with Crippen LogP contribution in [-0.4, -0.2) is 46.6 Å². The highest BCUT2D eigenvalue weighted by Crippen LogP contribution is 2.41. The number of hydrogen-bond acceptors (Lipinski definition) is 6. The van der Waals surface area contributed by atoms with Crippen molar-refractivity contribution in [1.82, 2.24) is 0 Å². The Kier molecular flexibility index (Phi) is 8.55. The van der Waals surface area contributed by atoms with Gasteiger partial charge < -0.3 is 29.9 Å². The summed E-state index contributed by atoms with van der Waals surface area (Å²) in [6.45, 7) is 11.4. The van der Waals surface area contributed by atoms with E-state index in [-0.39, 0.29) is 35.8 Å². The van der Waals surface area contributed by atoms with Crippen LogP contribution < -0.4 is 9.47 Å². The van der Waals surface area contributed by atoms with Gasteiger partial charge in [-0.1, -0.05) is 53.7 Å². The number of hydrogen-bond donors (Lipinski definition) is 4. The van der Waals surface area contributed by atoms with Gasteiger partial charge >= 0.3 is 11.9 Å². The Morgan fingerprint density at radius 1 is 0.694 bits per heavy atom. The van der Waals surface area contributed by atoms with Crippen LogP contribution >= 0.6 is 0 Å². The van der Waals surface area contributed by atoms with E-state index in [1.54, 1.807) is 24.3 Å². The summed E-state index contributed by atoms with van der Waals surface area (Å²) in [5.74, 6) is -4.66. The molecular weight excluding hydrogens is 464 g/mol. The second kappa shape index (κ2) is 10.7. The minimum absolute atomic E-state index is 0.0266. The van der Waals surface area contributed by atoms with Gasteiger partial charge in [-0.05, 0) is 46.9 Å². The van der Waals surface area contributed by atoms with Crippen molar-refractivity contribution in [2.75, 3.05) is 14.2 Å². The van der Waals surface area contributed by atoms with Crippen molar-refractivity contribution in [1.29, 1.82) is 0 Å². The number of carboxylic acids is 2. The first-order valence-electron chi connectivity index (χ1n) is 11.8. The van der Waals surface area contributed by atoms with E-state index in [4.69, 9.17) is 9.47 Å². The maximum Gasteiger partial charge on any atom is 0.307 e. The molecule has 0 unspecified atom stereocenters. The number of ether oxygens (including phenoxy) is 2. The van der Waals surface area contributed by atoms with E-state index in [0.717, 1.165) is 0 Å². The number of methoxy groups -OCH3 is 2. The average molecular weight is 503 g/mol. The minimum atomic E-state index is -1.26. The molecule has 8 nitrogen and oxygen atoms in total. The molecule has 8 heteroatoms. The highest BCUT2D eigenvalue weighted by Gasteiger charge is 2.35. The van der Waals surface area contributed by atoms with E-state index in [0.29, 0.717) is 22.3 Å². The lowest BCUT2D eigenvalue weighted by Crippen LogP contribution is -2.33. The SMILES string of the molecule is COc1cc(C[C@@H](C(=O)O)[C@@H](Cc2cc(OC)c(O)c(C(C)(C)C)c2)C(=O)O)cc(C(C)(C)C)c1O. The zero-order valence-electron chi connectivity index (χ0n) is 22.3. The first-order chi connectivity index (χ1) is 16.5. The van der Waals surface area contributed by atoms with Crippen LogP contribution in [0.4, 0.5) is 0 Å². The predicted molar refractivity (Wildman–Crippen MR) is 136 cm³/mol. The Labute approximate surface area is 212 Å². The largest absolute Gasteiger partial charge is 0.504 e. The quantitative estimate of drug-likeness (QED) is 0.381. The number of aliphatic carboxylic acids is 2. The molecule has 0 fully saturated rings. The summed E-state index contributed by atoms with van der Waals surface area (Å²) in [5.41, 5.74) is 1.34. The second-order valence-corrected chi connectivity index (χ2v) is 11.2. The molecular formula is C28H38O8. The van der Waals surface area contributed by atoms with Crippen LogP contribution in [0, 0.1) is 11.8 Å². The van der Waals surface area contributed by atoms with E-state index in [9.17, 15) is 30.0 Å². The second-order valence-electron chi connectivity index (χ2n) is 11.2. The maximum atomic E-state index is 12.3. The fourth-order valence-electron chi connectivity index (χ4n) is 4.33. The van der Waals surface area contributed by atoms with Gasteiger partial charge in [0.1, 0.15) is 0 Å². The molecule has 36 heavy (non-hydrogen) atoms. The number of carboxylic acid groups (broad SMARTS) is 2. The molecule has 0 saturated heterocycles. The lowest BCUT2D eigenvalue weighted by atomic mass is 9.79. The highest BCUT2D eigenvalue weighted by molar-refractivity contribution is 5.80. The van der Waals surface area contributed by atoms with Gasteiger partial charge in [-0.15, -0.1) is 0 Å². The van der Waals surface area contributed by atoms with Crippen molar-refractivity contribution < 1.29 is 39.5 Å². The van der Waals surface area contributed by atoms with E-state index < -0.39 is 34.6 Å². The van der Waals surface area contributed by atoms with Crippen molar-refractivity contribution in [3.05, 3.63) is 46.5 Å². The number of phenols is 2. The molecule has 0 bridgehead atoms. The van der Waals surface area contributed by atoms with Crippen LogP contribution in [-0.2, 0) is 33.3 Å². The summed E-state index contributed by atoms with van der Waals surface area (Å²) >= 11 is 0. The third kappa shape index (κ3) is 6.42. The van der Waals surface area contributed by atoms with Crippen LogP contribution in [0.5, 0.6) is 23.0 Å². The monoisotopic (exact) mass is 502 g/mol. The Balaban J connectivity index is 2.55. The van der Waals surface area contributed by atoms with E-state index in [1.165, 1.54) is 14.2 Å². The number of phenolic OH excluding ortho intramolecular Hbond substituents is 2. The van der Waals surface area contributed by atoms with Crippen LogP contribution in [0.3, 0.4) is 0 Å². The minimum Gasteiger partial charge on any atom is -0.504 e. The van der Waals surface area contributed by atoms with Gasteiger partial charge in [0.2, 0.25) is 0 Å². The van der Waals surface area contributed by atoms with Crippen LogP contribution in [0.2, 0.25) is 0 Å². The summed E-state index contributed by atoms with van der Waals surface area (Å²) in [5, 5.41) is 41.3. The Morgan fingerprint density at radius 2 is 1.00 bits per heavy atom. The average Bonchev–Trinajstić information content (AvgIpc) is 2.75. The molecule has 2 atom stereocenters. The molecule has 4 N–H and O–H groups in total. The van der Waals surface area contributed by atoms with Gasteiger partial charge in [-0.2, -0.15) is 0 Å². The topological polar surface area (TPSA) is 134 Å². The Hall–Kier alpha value is -3.42.